The first-order valence-corrected chi connectivity index (χ1v) is 13.3. The number of fused-ring (bicyclic) bond motifs is 1. The van der Waals surface area contributed by atoms with Crippen molar-refractivity contribution < 1.29 is 9.59 Å². The van der Waals surface area contributed by atoms with Gasteiger partial charge >= 0.3 is 0 Å². The molecule has 1 N–H and O–H groups in total. The third kappa shape index (κ3) is 3.49. The molecule has 1 atom stereocenters. The second-order valence-electron chi connectivity index (χ2n) is 11.3. The molecule has 2 aliphatic carbocycles. The number of nitrogens with one attached hydrogen (secondary N) is 1. The number of aromatic amines is 1. The number of amidine groups is 1. The first-order valence-electron chi connectivity index (χ1n) is 13.3. The van der Waals surface area contributed by atoms with E-state index in [1.54, 1.807) is 0 Å². The van der Waals surface area contributed by atoms with Crippen molar-refractivity contribution in [1.29, 1.82) is 0 Å². The number of aliphatic imine (C=N–C) groups is 1. The van der Waals surface area contributed by atoms with Crippen molar-refractivity contribution in [3.63, 3.8) is 0 Å². The lowest BCUT2D eigenvalue weighted by Gasteiger charge is -2.23. The van der Waals surface area contributed by atoms with Gasteiger partial charge in [-0.2, -0.15) is 0 Å². The number of aromatic nitrogens is 1. The van der Waals surface area contributed by atoms with E-state index < -0.39 is 5.54 Å². The number of nitrogens with zero attached hydrogens (tertiary/aromatic N) is 3. The van der Waals surface area contributed by atoms with Crippen LogP contribution in [-0.2, 0) is 9.59 Å². The molecule has 184 valence electrons. The van der Waals surface area contributed by atoms with E-state index in [1.165, 1.54) is 27.7 Å². The molecule has 0 unspecified atom stereocenters. The number of amides is 2. The minimum Gasteiger partial charge on any atom is -0.358 e. The van der Waals surface area contributed by atoms with Crippen LogP contribution in [0.1, 0.15) is 48.9 Å². The molecule has 2 aromatic carbocycles. The fraction of sp³-hybridized carbons (Fsp3) is 0.433. The normalized spacial score (nSPS) is 22.7. The molecule has 2 saturated carbocycles. The molecule has 0 bridgehead atoms. The summed E-state index contributed by atoms with van der Waals surface area (Å²) < 4.78 is 0. The minimum atomic E-state index is -0.523. The van der Waals surface area contributed by atoms with Crippen LogP contribution >= 0.6 is 0 Å². The van der Waals surface area contributed by atoms with Crippen LogP contribution in [0.5, 0.6) is 0 Å². The molecule has 7 rings (SSSR count). The lowest BCUT2D eigenvalue weighted by molar-refractivity contribution is -0.131. The zero-order chi connectivity index (χ0) is 24.6. The van der Waals surface area contributed by atoms with Crippen molar-refractivity contribution in [2.45, 2.75) is 51.5 Å². The maximum Gasteiger partial charge on any atom is 0.256 e. The second-order valence-corrected chi connectivity index (χ2v) is 11.3. The quantitative estimate of drug-likeness (QED) is 0.568. The van der Waals surface area contributed by atoms with E-state index >= 15 is 0 Å². The number of rotatable bonds is 5. The molecule has 3 heterocycles. The Hall–Kier alpha value is -3.41. The van der Waals surface area contributed by atoms with E-state index in [1.807, 2.05) is 9.80 Å². The highest BCUT2D eigenvalue weighted by Gasteiger charge is 2.57. The Labute approximate surface area is 211 Å². The van der Waals surface area contributed by atoms with Crippen molar-refractivity contribution in [2.75, 3.05) is 19.6 Å². The molecule has 1 saturated heterocycles. The Bertz CT molecular complexity index is 1430. The highest BCUT2D eigenvalue weighted by Crippen LogP contribution is 2.46. The van der Waals surface area contributed by atoms with Gasteiger partial charge in [0.1, 0.15) is 11.4 Å². The van der Waals surface area contributed by atoms with Gasteiger partial charge in [0.25, 0.3) is 5.91 Å². The molecule has 1 spiro atoms. The molecule has 1 aromatic heterocycles. The van der Waals surface area contributed by atoms with Crippen molar-refractivity contribution >= 4 is 28.6 Å². The number of likely N-dealkylation sites (tertiary alicyclic amines) is 1. The number of hydrogen-bond acceptors (Lipinski definition) is 3. The monoisotopic (exact) mass is 480 g/mol. The van der Waals surface area contributed by atoms with E-state index in [2.05, 4.69) is 61.3 Å². The maximum atomic E-state index is 13.4. The van der Waals surface area contributed by atoms with Gasteiger partial charge in [-0.15, -0.1) is 0 Å². The van der Waals surface area contributed by atoms with Gasteiger partial charge in [0.15, 0.2) is 0 Å². The number of aryl methyl sites for hydroxylation is 2. The van der Waals surface area contributed by atoms with E-state index in [0.717, 1.165) is 62.2 Å². The fourth-order valence-corrected chi connectivity index (χ4v) is 5.97. The molecule has 6 heteroatoms. The molecule has 36 heavy (non-hydrogen) atoms. The smallest absolute Gasteiger partial charge is 0.256 e. The van der Waals surface area contributed by atoms with Gasteiger partial charge < -0.3 is 9.88 Å². The summed E-state index contributed by atoms with van der Waals surface area (Å²) in [6.45, 7) is 6.50. The molecule has 2 amide bonds. The first kappa shape index (κ1) is 21.8. The van der Waals surface area contributed by atoms with Crippen molar-refractivity contribution in [1.82, 2.24) is 14.8 Å². The maximum absolute atomic E-state index is 13.4. The number of carbonyl (C=O) groups excluding carboxylic acids is 2. The minimum absolute atomic E-state index is 0.150. The van der Waals surface area contributed by atoms with E-state index in [0.29, 0.717) is 18.4 Å². The summed E-state index contributed by atoms with van der Waals surface area (Å²) in [6.07, 6.45) is 4.73. The SMILES string of the molecule is Cc1[nH]c2ccc(-c3ccc(C4=NC5(CC5)C(=O)N4C[C@@H]4CCN(C(=O)C5CC5)C4)cc3)cc2c1C. The molecule has 2 aliphatic heterocycles. The Morgan fingerprint density at radius 3 is 2.47 bits per heavy atom. The fourth-order valence-electron chi connectivity index (χ4n) is 5.97. The van der Waals surface area contributed by atoms with Crippen LogP contribution in [0.25, 0.3) is 22.0 Å². The van der Waals surface area contributed by atoms with Crippen LogP contribution < -0.4 is 0 Å². The van der Waals surface area contributed by atoms with Gasteiger partial charge in [-0.3, -0.25) is 19.5 Å². The van der Waals surface area contributed by atoms with Gasteiger partial charge in [0.05, 0.1) is 0 Å². The zero-order valence-electron chi connectivity index (χ0n) is 21.0. The van der Waals surface area contributed by atoms with E-state index in [4.69, 9.17) is 4.99 Å². The van der Waals surface area contributed by atoms with E-state index in [-0.39, 0.29) is 11.8 Å². The Balaban J connectivity index is 1.13. The zero-order valence-corrected chi connectivity index (χ0v) is 21.0. The Morgan fingerprint density at radius 2 is 1.75 bits per heavy atom. The summed E-state index contributed by atoms with van der Waals surface area (Å²) >= 11 is 0. The topological polar surface area (TPSA) is 68.8 Å². The largest absolute Gasteiger partial charge is 0.358 e. The summed E-state index contributed by atoms with van der Waals surface area (Å²) in [5, 5.41) is 1.26. The molecular formula is C30H32N4O2. The summed E-state index contributed by atoms with van der Waals surface area (Å²) in [5.41, 5.74) is 6.47. The van der Waals surface area contributed by atoms with Gasteiger partial charge in [0.2, 0.25) is 5.91 Å². The lowest BCUT2D eigenvalue weighted by Crippen LogP contribution is -2.40. The standard InChI is InChI=1S/C30H32N4O2/c1-18-19(2)31-26-10-9-24(15-25(18)26)21-3-5-22(6-4-21)27-32-30(12-13-30)29(36)34(27)17-20-11-14-33(16-20)28(35)23-7-8-23/h3-6,9-10,15,20,23,31H,7-8,11-14,16-17H2,1-2H3/t20-/m1/s1. The third-order valence-electron chi connectivity index (χ3n) is 8.69. The Morgan fingerprint density at radius 1 is 1.03 bits per heavy atom. The van der Waals surface area contributed by atoms with Crippen LogP contribution in [-0.4, -0.2) is 57.6 Å². The predicted molar refractivity (Wildman–Crippen MR) is 141 cm³/mol. The highest BCUT2D eigenvalue weighted by atomic mass is 16.2. The third-order valence-corrected chi connectivity index (χ3v) is 8.69. The van der Waals surface area contributed by atoms with Crippen molar-refractivity contribution in [2.24, 2.45) is 16.8 Å². The van der Waals surface area contributed by atoms with E-state index in [9.17, 15) is 9.59 Å². The molecule has 0 radical (unpaired) electrons. The number of hydrogen-bond donors (Lipinski definition) is 1. The summed E-state index contributed by atoms with van der Waals surface area (Å²) in [5.74, 6) is 1.85. The van der Waals surface area contributed by atoms with Gasteiger partial charge in [-0.25, -0.2) is 0 Å². The average molecular weight is 481 g/mol. The molecular weight excluding hydrogens is 448 g/mol. The first-order chi connectivity index (χ1) is 17.4. The van der Waals surface area contributed by atoms with Gasteiger partial charge in [-0.05, 0) is 80.7 Å². The number of H-pyrrole nitrogens is 1. The van der Waals surface area contributed by atoms with Crippen molar-refractivity contribution in [3.05, 3.63) is 59.3 Å². The molecule has 6 nitrogen and oxygen atoms in total. The highest BCUT2D eigenvalue weighted by molar-refractivity contribution is 6.16. The number of benzene rings is 2. The van der Waals surface area contributed by atoms with Crippen LogP contribution in [0.4, 0.5) is 0 Å². The number of carbonyl (C=O) groups is 2. The summed E-state index contributed by atoms with van der Waals surface area (Å²) in [6, 6.07) is 15.0. The Kier molecular flexibility index (Phi) is 4.73. The van der Waals surface area contributed by atoms with Crippen molar-refractivity contribution in [3.8, 4) is 11.1 Å². The van der Waals surface area contributed by atoms with Crippen LogP contribution in [0.15, 0.2) is 47.5 Å². The summed E-state index contributed by atoms with van der Waals surface area (Å²) in [4.78, 5) is 38.2. The molecule has 3 aromatic rings. The summed E-state index contributed by atoms with van der Waals surface area (Å²) in [7, 11) is 0. The van der Waals surface area contributed by atoms with Gasteiger partial charge in [-0.1, -0.05) is 30.3 Å². The molecule has 3 fully saturated rings. The lowest BCUT2D eigenvalue weighted by atomic mass is 10.0. The average Bonchev–Trinajstić information content (AvgIpc) is 3.80. The van der Waals surface area contributed by atoms with Crippen LogP contribution in [0.2, 0.25) is 0 Å². The van der Waals surface area contributed by atoms with Crippen LogP contribution in [0, 0.1) is 25.7 Å². The second kappa shape index (κ2) is 7.79. The molecule has 4 aliphatic rings. The predicted octanol–water partition coefficient (Wildman–Crippen LogP) is 4.83. The van der Waals surface area contributed by atoms with Gasteiger partial charge in [0, 0.05) is 47.7 Å². The van der Waals surface area contributed by atoms with Crippen LogP contribution in [0.3, 0.4) is 0 Å².